The van der Waals surface area contributed by atoms with E-state index in [1.165, 1.54) is 0 Å². The molecule has 1 aliphatic rings. The van der Waals surface area contributed by atoms with E-state index in [1.54, 1.807) is 6.20 Å². The van der Waals surface area contributed by atoms with Gasteiger partial charge in [0, 0.05) is 25.3 Å². The number of carbonyl (C=O) groups is 1. The van der Waals surface area contributed by atoms with Crippen molar-refractivity contribution in [1.82, 2.24) is 15.3 Å². The van der Waals surface area contributed by atoms with Crippen LogP contribution in [0.2, 0.25) is 5.28 Å². The number of hydrogen-bond acceptors (Lipinski definition) is 5. The number of carbonyl (C=O) groups excluding carboxylic acids is 1. The zero-order valence-electron chi connectivity index (χ0n) is 12.9. The van der Waals surface area contributed by atoms with E-state index < -0.39 is 5.60 Å². The second kappa shape index (κ2) is 7.16. The van der Waals surface area contributed by atoms with Crippen LogP contribution in [0.5, 0.6) is 0 Å². The van der Waals surface area contributed by atoms with Gasteiger partial charge in [-0.3, -0.25) is 0 Å². The first-order valence-electron chi connectivity index (χ1n) is 7.17. The molecule has 1 unspecified atom stereocenters. The number of hydrogen-bond donors (Lipinski definition) is 1. The molecule has 2 rings (SSSR count). The molecule has 122 valence electrons. The van der Waals surface area contributed by atoms with Gasteiger partial charge in [-0.1, -0.05) is 0 Å². The van der Waals surface area contributed by atoms with Gasteiger partial charge < -0.3 is 15.0 Å². The van der Waals surface area contributed by atoms with Crippen LogP contribution >= 0.6 is 34.2 Å². The fraction of sp³-hybridized carbons (Fsp3) is 0.643. The molecule has 2 heterocycles. The van der Waals surface area contributed by atoms with Gasteiger partial charge in [-0.15, -0.1) is 0 Å². The SMILES string of the molecule is CC(C)(C)OC(=O)NC1CCCN(c2nc(Cl)ncc2I)C1. The normalized spacial score (nSPS) is 19.0. The number of nitrogens with one attached hydrogen (secondary N) is 1. The van der Waals surface area contributed by atoms with Crippen molar-refractivity contribution < 1.29 is 9.53 Å². The Kier molecular flexibility index (Phi) is 5.70. The van der Waals surface area contributed by atoms with Gasteiger partial charge in [-0.25, -0.2) is 9.78 Å². The Hall–Kier alpha value is -0.830. The van der Waals surface area contributed by atoms with E-state index in [-0.39, 0.29) is 17.4 Å². The number of aromatic nitrogens is 2. The van der Waals surface area contributed by atoms with E-state index in [2.05, 4.69) is 42.8 Å². The molecular formula is C14H20ClIN4O2. The summed E-state index contributed by atoms with van der Waals surface area (Å²) in [4.78, 5) is 22.3. The Labute approximate surface area is 149 Å². The third-order valence-electron chi connectivity index (χ3n) is 3.14. The van der Waals surface area contributed by atoms with Gasteiger partial charge in [0.15, 0.2) is 0 Å². The highest BCUT2D eigenvalue weighted by Gasteiger charge is 2.26. The minimum Gasteiger partial charge on any atom is -0.444 e. The Bertz CT molecular complexity index is 550. The predicted octanol–water partition coefficient (Wildman–Crippen LogP) is 3.23. The van der Waals surface area contributed by atoms with Crippen LogP contribution in [0.1, 0.15) is 33.6 Å². The molecule has 0 saturated carbocycles. The van der Waals surface area contributed by atoms with E-state index in [0.29, 0.717) is 6.54 Å². The molecule has 1 atom stereocenters. The topological polar surface area (TPSA) is 67.3 Å². The molecule has 1 amide bonds. The Morgan fingerprint density at radius 2 is 2.27 bits per heavy atom. The van der Waals surface area contributed by atoms with Crippen LogP contribution in [-0.4, -0.2) is 40.8 Å². The zero-order valence-corrected chi connectivity index (χ0v) is 15.8. The largest absolute Gasteiger partial charge is 0.444 e. The Morgan fingerprint density at radius 1 is 1.55 bits per heavy atom. The summed E-state index contributed by atoms with van der Waals surface area (Å²) in [6, 6.07) is 0.0353. The van der Waals surface area contributed by atoms with Gasteiger partial charge in [-0.05, 0) is 67.8 Å². The summed E-state index contributed by atoms with van der Waals surface area (Å²) >= 11 is 8.08. The summed E-state index contributed by atoms with van der Waals surface area (Å²) in [5, 5.41) is 3.16. The number of alkyl carbamates (subject to hydrolysis) is 1. The molecule has 1 fully saturated rings. The Morgan fingerprint density at radius 3 is 2.95 bits per heavy atom. The van der Waals surface area contributed by atoms with Gasteiger partial charge in [0.25, 0.3) is 0 Å². The van der Waals surface area contributed by atoms with Crippen molar-refractivity contribution in [2.45, 2.75) is 45.3 Å². The first-order valence-corrected chi connectivity index (χ1v) is 8.63. The zero-order chi connectivity index (χ0) is 16.3. The summed E-state index contributed by atoms with van der Waals surface area (Å²) in [7, 11) is 0. The fourth-order valence-corrected chi connectivity index (χ4v) is 3.05. The third-order valence-corrected chi connectivity index (χ3v) is 4.08. The van der Waals surface area contributed by atoms with Crippen LogP contribution in [0.15, 0.2) is 6.20 Å². The number of halogens is 2. The second-order valence-corrected chi connectivity index (χ2v) is 7.74. The summed E-state index contributed by atoms with van der Waals surface area (Å²) in [6.45, 7) is 7.12. The average molecular weight is 439 g/mol. The quantitative estimate of drug-likeness (QED) is 0.567. The molecule has 8 heteroatoms. The van der Waals surface area contributed by atoms with Gasteiger partial charge in [-0.2, -0.15) is 4.98 Å². The number of nitrogens with zero attached hydrogens (tertiary/aromatic N) is 3. The van der Waals surface area contributed by atoms with Crippen molar-refractivity contribution in [1.29, 1.82) is 0 Å². The maximum absolute atomic E-state index is 11.9. The maximum Gasteiger partial charge on any atom is 0.407 e. The van der Waals surface area contributed by atoms with Crippen molar-refractivity contribution in [2.75, 3.05) is 18.0 Å². The first kappa shape index (κ1) is 17.5. The highest BCUT2D eigenvalue weighted by atomic mass is 127. The Balaban J connectivity index is 2.00. The van der Waals surface area contributed by atoms with Crippen molar-refractivity contribution in [3.63, 3.8) is 0 Å². The van der Waals surface area contributed by atoms with Gasteiger partial charge in [0.2, 0.25) is 5.28 Å². The van der Waals surface area contributed by atoms with Gasteiger partial charge >= 0.3 is 6.09 Å². The van der Waals surface area contributed by atoms with Gasteiger partial charge in [0.1, 0.15) is 11.4 Å². The summed E-state index contributed by atoms with van der Waals surface area (Å²) in [5.74, 6) is 0.816. The second-order valence-electron chi connectivity index (χ2n) is 6.24. The van der Waals surface area contributed by atoms with E-state index in [4.69, 9.17) is 16.3 Å². The summed E-state index contributed by atoms with van der Waals surface area (Å²) in [5.41, 5.74) is -0.492. The lowest BCUT2D eigenvalue weighted by Gasteiger charge is -2.34. The molecule has 22 heavy (non-hydrogen) atoms. The van der Waals surface area contributed by atoms with E-state index in [9.17, 15) is 4.79 Å². The number of anilines is 1. The van der Waals surface area contributed by atoms with E-state index in [1.807, 2.05) is 20.8 Å². The van der Waals surface area contributed by atoms with Crippen LogP contribution in [0.25, 0.3) is 0 Å². The molecule has 1 aromatic heterocycles. The molecule has 1 saturated heterocycles. The average Bonchev–Trinajstić information content (AvgIpc) is 2.39. The molecule has 6 nitrogen and oxygen atoms in total. The van der Waals surface area contributed by atoms with Crippen LogP contribution in [0.3, 0.4) is 0 Å². The molecule has 0 aliphatic carbocycles. The van der Waals surface area contributed by atoms with E-state index >= 15 is 0 Å². The molecule has 1 aromatic rings. The molecule has 0 radical (unpaired) electrons. The highest BCUT2D eigenvalue weighted by Crippen LogP contribution is 2.24. The highest BCUT2D eigenvalue weighted by molar-refractivity contribution is 14.1. The lowest BCUT2D eigenvalue weighted by Crippen LogP contribution is -2.49. The van der Waals surface area contributed by atoms with Crippen LogP contribution in [0.4, 0.5) is 10.6 Å². The molecule has 1 N–H and O–H groups in total. The number of amides is 1. The van der Waals surface area contributed by atoms with Crippen molar-refractivity contribution in [3.8, 4) is 0 Å². The molecule has 0 spiro atoms. The minimum absolute atomic E-state index is 0.0353. The number of ether oxygens (including phenoxy) is 1. The lowest BCUT2D eigenvalue weighted by molar-refractivity contribution is 0.0500. The fourth-order valence-electron chi connectivity index (χ4n) is 2.32. The van der Waals surface area contributed by atoms with Crippen LogP contribution in [-0.2, 0) is 4.74 Å². The monoisotopic (exact) mass is 438 g/mol. The van der Waals surface area contributed by atoms with Crippen molar-refractivity contribution >= 4 is 46.1 Å². The van der Waals surface area contributed by atoms with Crippen LogP contribution in [0, 0.1) is 3.57 Å². The first-order chi connectivity index (χ1) is 10.2. The summed E-state index contributed by atoms with van der Waals surface area (Å²) in [6.07, 6.45) is 3.22. The minimum atomic E-state index is -0.492. The summed E-state index contributed by atoms with van der Waals surface area (Å²) < 4.78 is 6.25. The maximum atomic E-state index is 11.9. The standard InChI is InChI=1S/C14H20ClIN4O2/c1-14(2,3)22-13(21)18-9-5-4-6-20(8-9)11-10(16)7-17-12(15)19-11/h7,9H,4-6,8H2,1-3H3,(H,18,21). The van der Waals surface area contributed by atoms with Crippen LogP contribution < -0.4 is 10.2 Å². The van der Waals surface area contributed by atoms with Crippen molar-refractivity contribution in [2.24, 2.45) is 0 Å². The molecular weight excluding hydrogens is 419 g/mol. The number of piperidine rings is 1. The molecule has 0 aromatic carbocycles. The third kappa shape index (κ3) is 5.12. The smallest absolute Gasteiger partial charge is 0.407 e. The lowest BCUT2D eigenvalue weighted by atomic mass is 10.1. The number of rotatable bonds is 2. The van der Waals surface area contributed by atoms with Gasteiger partial charge in [0.05, 0.1) is 3.57 Å². The van der Waals surface area contributed by atoms with Crippen molar-refractivity contribution in [3.05, 3.63) is 15.1 Å². The molecule has 0 bridgehead atoms. The van der Waals surface area contributed by atoms with E-state index in [0.717, 1.165) is 28.8 Å². The molecule has 1 aliphatic heterocycles. The predicted molar refractivity (Wildman–Crippen MR) is 94.4 cm³/mol.